The van der Waals surface area contributed by atoms with Crippen LogP contribution in [0.3, 0.4) is 0 Å². The monoisotopic (exact) mass is 441 g/mol. The number of aromatic nitrogens is 2. The van der Waals surface area contributed by atoms with Gasteiger partial charge in [-0.15, -0.1) is 0 Å². The predicted octanol–water partition coefficient (Wildman–Crippen LogP) is 5.65. The Morgan fingerprint density at radius 3 is 2.67 bits per heavy atom. The number of rotatable bonds is 7. The van der Waals surface area contributed by atoms with Gasteiger partial charge >= 0.3 is 0 Å². The Kier molecular flexibility index (Phi) is 6.11. The van der Waals surface area contributed by atoms with Crippen LogP contribution in [-0.4, -0.2) is 22.6 Å². The van der Waals surface area contributed by atoms with Gasteiger partial charge in [-0.1, -0.05) is 53.2 Å². The average Bonchev–Trinajstić information content (AvgIpc) is 3.31. The van der Waals surface area contributed by atoms with Crippen molar-refractivity contribution in [1.82, 2.24) is 15.5 Å². The molecule has 0 aliphatic rings. The second-order valence-electron chi connectivity index (χ2n) is 7.19. The number of hydrogen-bond acceptors (Lipinski definition) is 3. The molecule has 0 saturated heterocycles. The third-order valence-corrected chi connectivity index (χ3v) is 5.96. The molecule has 154 valence electrons. The van der Waals surface area contributed by atoms with Crippen LogP contribution in [0.25, 0.3) is 10.9 Å². The molecule has 1 amide bonds. The summed E-state index contributed by atoms with van der Waals surface area (Å²) in [6, 6.07) is 15.8. The molecular weight excluding hydrogens is 421 g/mol. The lowest BCUT2D eigenvalue weighted by Gasteiger charge is -2.19. The number of amides is 1. The van der Waals surface area contributed by atoms with Gasteiger partial charge in [-0.05, 0) is 48.2 Å². The molecule has 2 N–H and O–H groups in total. The van der Waals surface area contributed by atoms with E-state index < -0.39 is 0 Å². The van der Waals surface area contributed by atoms with Gasteiger partial charge in [0.15, 0.2) is 0 Å². The van der Waals surface area contributed by atoms with E-state index in [4.69, 9.17) is 27.7 Å². The maximum atomic E-state index is 12.6. The van der Waals surface area contributed by atoms with Gasteiger partial charge in [-0.3, -0.25) is 4.79 Å². The van der Waals surface area contributed by atoms with Gasteiger partial charge in [0.05, 0.1) is 5.69 Å². The van der Waals surface area contributed by atoms with Crippen molar-refractivity contribution in [3.8, 4) is 0 Å². The first-order valence-corrected chi connectivity index (χ1v) is 10.5. The van der Waals surface area contributed by atoms with Gasteiger partial charge in [0.1, 0.15) is 0 Å². The molecular formula is C23H21Cl2N3O2. The quantitative estimate of drug-likeness (QED) is 0.389. The van der Waals surface area contributed by atoms with E-state index in [0.29, 0.717) is 30.1 Å². The molecule has 0 fully saturated rings. The van der Waals surface area contributed by atoms with Crippen LogP contribution >= 0.6 is 23.2 Å². The zero-order valence-corrected chi connectivity index (χ0v) is 17.9. The molecule has 4 aromatic rings. The number of aryl methyl sites for hydroxylation is 1. The predicted molar refractivity (Wildman–Crippen MR) is 119 cm³/mol. The van der Waals surface area contributed by atoms with E-state index in [1.165, 1.54) is 0 Å². The summed E-state index contributed by atoms with van der Waals surface area (Å²) >= 11 is 12.5. The van der Waals surface area contributed by atoms with Gasteiger partial charge in [0.2, 0.25) is 11.1 Å². The standard InChI is InChI=1S/C23H21Cl2N3O2/c1-14-15(23(25)30-28-14)10-11-22(29)27-13-18(16-6-2-4-8-20(16)24)19-12-26-21-9-5-3-7-17(19)21/h2-9,12,18,26H,10-11,13H2,1H3,(H,27,29). The van der Waals surface area contributed by atoms with Crippen molar-refractivity contribution in [3.63, 3.8) is 0 Å². The lowest BCUT2D eigenvalue weighted by atomic mass is 9.90. The van der Waals surface area contributed by atoms with E-state index >= 15 is 0 Å². The third kappa shape index (κ3) is 4.23. The van der Waals surface area contributed by atoms with Crippen molar-refractivity contribution >= 4 is 40.0 Å². The molecule has 5 nitrogen and oxygen atoms in total. The fraction of sp³-hybridized carbons (Fsp3) is 0.217. The van der Waals surface area contributed by atoms with Gasteiger partial charge in [-0.2, -0.15) is 0 Å². The molecule has 0 aliphatic heterocycles. The SMILES string of the molecule is Cc1noc(Cl)c1CCC(=O)NCC(c1ccccc1Cl)c1c[nH]c2ccccc12. The average molecular weight is 442 g/mol. The van der Waals surface area contributed by atoms with Gasteiger partial charge in [0, 0.05) is 46.6 Å². The number of nitrogens with zero attached hydrogens (tertiary/aromatic N) is 1. The number of carbonyl (C=O) groups excluding carboxylic acids is 1. The lowest BCUT2D eigenvalue weighted by molar-refractivity contribution is -0.121. The number of carbonyl (C=O) groups is 1. The summed E-state index contributed by atoms with van der Waals surface area (Å²) in [5, 5.41) is 8.91. The summed E-state index contributed by atoms with van der Waals surface area (Å²) in [5.41, 5.74) is 4.60. The number of hydrogen-bond donors (Lipinski definition) is 2. The van der Waals surface area contributed by atoms with Crippen molar-refractivity contribution in [3.05, 3.63) is 87.4 Å². The van der Waals surface area contributed by atoms with Crippen LogP contribution in [-0.2, 0) is 11.2 Å². The molecule has 2 aromatic heterocycles. The summed E-state index contributed by atoms with van der Waals surface area (Å²) in [6.07, 6.45) is 2.76. The van der Waals surface area contributed by atoms with Gasteiger partial charge in [0.25, 0.3) is 0 Å². The summed E-state index contributed by atoms with van der Waals surface area (Å²) in [5.74, 6) is -0.150. The van der Waals surface area contributed by atoms with Crippen LogP contribution in [0.4, 0.5) is 0 Å². The number of nitrogens with one attached hydrogen (secondary N) is 2. The topological polar surface area (TPSA) is 70.9 Å². The van der Waals surface area contributed by atoms with Crippen LogP contribution in [0.2, 0.25) is 10.2 Å². The summed E-state index contributed by atoms with van der Waals surface area (Å²) in [7, 11) is 0. The highest BCUT2D eigenvalue weighted by atomic mass is 35.5. The number of para-hydroxylation sites is 1. The number of fused-ring (bicyclic) bond motifs is 1. The van der Waals surface area contributed by atoms with Crippen molar-refractivity contribution in [2.24, 2.45) is 0 Å². The molecule has 1 atom stereocenters. The van der Waals surface area contributed by atoms with E-state index in [1.807, 2.05) is 55.6 Å². The first-order valence-electron chi connectivity index (χ1n) is 9.72. The van der Waals surface area contributed by atoms with Gasteiger partial charge < -0.3 is 14.8 Å². The van der Waals surface area contributed by atoms with Crippen molar-refractivity contribution in [2.45, 2.75) is 25.7 Å². The first-order chi connectivity index (χ1) is 14.5. The van der Waals surface area contributed by atoms with Crippen molar-refractivity contribution in [1.29, 1.82) is 0 Å². The molecule has 0 saturated carbocycles. The fourth-order valence-corrected chi connectivity index (χ4v) is 4.24. The summed E-state index contributed by atoms with van der Waals surface area (Å²) < 4.78 is 4.95. The molecule has 0 spiro atoms. The smallest absolute Gasteiger partial charge is 0.229 e. The first kappa shape index (κ1) is 20.5. The van der Waals surface area contributed by atoms with Crippen LogP contribution in [0, 0.1) is 6.92 Å². The molecule has 2 heterocycles. The zero-order valence-electron chi connectivity index (χ0n) is 16.4. The maximum Gasteiger partial charge on any atom is 0.229 e. The van der Waals surface area contributed by atoms with Crippen LogP contribution < -0.4 is 5.32 Å². The highest BCUT2D eigenvalue weighted by molar-refractivity contribution is 6.31. The zero-order chi connectivity index (χ0) is 21.1. The maximum absolute atomic E-state index is 12.6. The Balaban J connectivity index is 1.54. The van der Waals surface area contributed by atoms with Crippen LogP contribution in [0.15, 0.2) is 59.3 Å². The molecule has 7 heteroatoms. The van der Waals surface area contributed by atoms with Crippen molar-refractivity contribution in [2.75, 3.05) is 6.54 Å². The van der Waals surface area contributed by atoms with E-state index in [9.17, 15) is 4.79 Å². The number of benzene rings is 2. The second-order valence-corrected chi connectivity index (χ2v) is 7.94. The Labute approximate surface area is 184 Å². The van der Waals surface area contributed by atoms with E-state index in [0.717, 1.165) is 27.6 Å². The van der Waals surface area contributed by atoms with Crippen LogP contribution in [0.5, 0.6) is 0 Å². The third-order valence-electron chi connectivity index (χ3n) is 5.32. The van der Waals surface area contributed by atoms with E-state index in [1.54, 1.807) is 0 Å². The van der Waals surface area contributed by atoms with E-state index in [2.05, 4.69) is 21.5 Å². The summed E-state index contributed by atoms with van der Waals surface area (Å²) in [4.78, 5) is 15.9. The van der Waals surface area contributed by atoms with Crippen molar-refractivity contribution < 1.29 is 9.32 Å². The minimum atomic E-state index is -0.0836. The Bertz CT molecular complexity index is 1160. The van der Waals surface area contributed by atoms with Gasteiger partial charge in [-0.25, -0.2) is 0 Å². The molecule has 0 aliphatic carbocycles. The molecule has 1 unspecified atom stereocenters. The molecule has 0 radical (unpaired) electrons. The summed E-state index contributed by atoms with van der Waals surface area (Å²) in [6.45, 7) is 2.24. The normalized spacial score (nSPS) is 12.2. The molecule has 2 aromatic carbocycles. The Hall–Kier alpha value is -2.76. The number of H-pyrrole nitrogens is 1. The minimum Gasteiger partial charge on any atom is -0.361 e. The largest absolute Gasteiger partial charge is 0.361 e. The fourth-order valence-electron chi connectivity index (χ4n) is 3.71. The second kappa shape index (κ2) is 8.94. The minimum absolute atomic E-state index is 0.0661. The van der Waals surface area contributed by atoms with Crippen LogP contribution in [0.1, 0.15) is 34.7 Å². The number of aromatic amines is 1. The van der Waals surface area contributed by atoms with E-state index in [-0.39, 0.29) is 17.0 Å². The molecule has 30 heavy (non-hydrogen) atoms. The Morgan fingerprint density at radius 1 is 1.13 bits per heavy atom. The Morgan fingerprint density at radius 2 is 1.90 bits per heavy atom. The lowest BCUT2D eigenvalue weighted by Crippen LogP contribution is -2.29. The molecule has 4 rings (SSSR count). The highest BCUT2D eigenvalue weighted by Gasteiger charge is 2.21. The number of halogens is 2. The molecule has 0 bridgehead atoms. The highest BCUT2D eigenvalue weighted by Crippen LogP contribution is 2.34.